The van der Waals surface area contributed by atoms with E-state index in [0.29, 0.717) is 25.1 Å². The summed E-state index contributed by atoms with van der Waals surface area (Å²) >= 11 is 0. The second-order valence-electron chi connectivity index (χ2n) is 11.1. The van der Waals surface area contributed by atoms with Crippen molar-refractivity contribution in [3.8, 4) is 6.07 Å². The molecular formula is C31H34F2N4O5. The number of halogens is 2. The van der Waals surface area contributed by atoms with E-state index in [2.05, 4.69) is 16.4 Å². The van der Waals surface area contributed by atoms with E-state index >= 15 is 0 Å². The summed E-state index contributed by atoms with van der Waals surface area (Å²) in [6, 6.07) is 12.4. The number of nitrogens with one attached hydrogen (secondary N) is 1. The van der Waals surface area contributed by atoms with Crippen molar-refractivity contribution in [2.45, 2.75) is 82.6 Å². The molecule has 1 aliphatic carbocycles. The van der Waals surface area contributed by atoms with Crippen LogP contribution in [0, 0.1) is 23.0 Å². The number of carbonyl (C=O) groups excluding carboxylic acids is 1. The highest BCUT2D eigenvalue weighted by Gasteiger charge is 2.58. The number of nitriles is 1. The number of rotatable bonds is 11. The van der Waals surface area contributed by atoms with Gasteiger partial charge in [0.05, 0.1) is 43.4 Å². The summed E-state index contributed by atoms with van der Waals surface area (Å²) in [5.41, 5.74) is 0.0784. The lowest BCUT2D eigenvalue weighted by molar-refractivity contribution is -0.183. The molecule has 2 heterocycles. The molecule has 5 rings (SSSR count). The maximum atomic E-state index is 14.6. The molecule has 2 fully saturated rings. The summed E-state index contributed by atoms with van der Waals surface area (Å²) in [6.07, 6.45) is 4.59. The Balaban J connectivity index is 1.37. The third-order valence-electron chi connectivity index (χ3n) is 7.57. The molecule has 2 aromatic carbocycles. The van der Waals surface area contributed by atoms with Crippen molar-refractivity contribution in [3.05, 3.63) is 89.5 Å². The van der Waals surface area contributed by atoms with Crippen LogP contribution in [0.5, 0.6) is 0 Å². The third kappa shape index (κ3) is 7.02. The fraction of sp³-hybridized carbons (Fsp3) is 0.452. The van der Waals surface area contributed by atoms with Gasteiger partial charge in [0.2, 0.25) is 0 Å². The van der Waals surface area contributed by atoms with Crippen LogP contribution in [0.25, 0.3) is 0 Å². The molecule has 0 spiro atoms. The Kier molecular flexibility index (Phi) is 8.99. The van der Waals surface area contributed by atoms with Crippen molar-refractivity contribution in [1.29, 1.82) is 5.26 Å². The SMILES string of the molecule is CC1(C)O[C@H]2[C@H](OCc3ccc(C#N)cc3)C[C@](OCc3ccc(F)cc3F)(C(=O)NCCCn3ccnc3)C[C@H]2O1. The number of hydrogen-bond donors (Lipinski definition) is 1. The molecule has 0 unspecified atom stereocenters. The Hall–Kier alpha value is -3.69. The van der Waals surface area contributed by atoms with Gasteiger partial charge in [0.25, 0.3) is 5.91 Å². The molecule has 222 valence electrons. The first-order chi connectivity index (χ1) is 20.2. The lowest BCUT2D eigenvalue weighted by Crippen LogP contribution is -2.60. The number of carbonyl (C=O) groups is 1. The Morgan fingerprint density at radius 1 is 1.17 bits per heavy atom. The van der Waals surface area contributed by atoms with Gasteiger partial charge in [-0.3, -0.25) is 4.79 Å². The summed E-state index contributed by atoms with van der Waals surface area (Å²) in [5.74, 6) is -2.73. The maximum Gasteiger partial charge on any atom is 0.252 e. The summed E-state index contributed by atoms with van der Waals surface area (Å²) < 4.78 is 55.1. The van der Waals surface area contributed by atoms with Crippen LogP contribution in [0.2, 0.25) is 0 Å². The van der Waals surface area contributed by atoms with Crippen molar-refractivity contribution in [2.24, 2.45) is 0 Å². The van der Waals surface area contributed by atoms with Crippen LogP contribution in [-0.2, 0) is 43.5 Å². The van der Waals surface area contributed by atoms with Gasteiger partial charge >= 0.3 is 0 Å². The van der Waals surface area contributed by atoms with Crippen molar-refractivity contribution in [2.75, 3.05) is 6.54 Å². The van der Waals surface area contributed by atoms with Crippen molar-refractivity contribution in [3.63, 3.8) is 0 Å². The Morgan fingerprint density at radius 2 is 1.98 bits per heavy atom. The molecule has 1 aliphatic heterocycles. The van der Waals surface area contributed by atoms with Gasteiger partial charge in [-0.1, -0.05) is 18.2 Å². The normalized spacial score (nSPS) is 24.6. The number of aryl methyl sites for hydroxylation is 1. The molecule has 1 saturated carbocycles. The molecule has 3 aromatic rings. The first-order valence-corrected chi connectivity index (χ1v) is 13.9. The maximum absolute atomic E-state index is 14.6. The quantitative estimate of drug-likeness (QED) is 0.335. The van der Waals surface area contributed by atoms with Crippen LogP contribution >= 0.6 is 0 Å². The van der Waals surface area contributed by atoms with E-state index in [1.54, 1.807) is 38.5 Å². The predicted molar refractivity (Wildman–Crippen MR) is 147 cm³/mol. The minimum absolute atomic E-state index is 0.125. The number of amides is 1. The van der Waals surface area contributed by atoms with Crippen molar-refractivity contribution >= 4 is 5.91 Å². The molecule has 1 aromatic heterocycles. The summed E-state index contributed by atoms with van der Waals surface area (Å²) in [7, 11) is 0. The van der Waals surface area contributed by atoms with Crippen LogP contribution in [0.15, 0.2) is 61.2 Å². The van der Waals surface area contributed by atoms with E-state index < -0.39 is 41.3 Å². The molecule has 9 nitrogen and oxygen atoms in total. The molecule has 0 radical (unpaired) electrons. The van der Waals surface area contributed by atoms with Gasteiger partial charge in [0.1, 0.15) is 17.7 Å². The first kappa shape index (κ1) is 29.8. The lowest BCUT2D eigenvalue weighted by Gasteiger charge is -2.43. The van der Waals surface area contributed by atoms with Crippen LogP contribution < -0.4 is 5.32 Å². The summed E-state index contributed by atoms with van der Waals surface area (Å²) in [4.78, 5) is 17.9. The molecule has 4 atom stereocenters. The molecule has 42 heavy (non-hydrogen) atoms. The Labute approximate surface area is 243 Å². The van der Waals surface area contributed by atoms with E-state index in [1.807, 2.05) is 22.9 Å². The number of benzene rings is 2. The van der Waals surface area contributed by atoms with E-state index in [4.69, 9.17) is 24.2 Å². The van der Waals surface area contributed by atoms with Gasteiger partial charge in [-0.2, -0.15) is 5.26 Å². The van der Waals surface area contributed by atoms with Gasteiger partial charge in [0, 0.05) is 50.0 Å². The van der Waals surface area contributed by atoms with Gasteiger partial charge in [0.15, 0.2) is 11.4 Å². The Bertz CT molecular complexity index is 1410. The van der Waals surface area contributed by atoms with E-state index in [1.165, 1.54) is 6.07 Å². The highest BCUT2D eigenvalue weighted by atomic mass is 19.1. The Morgan fingerprint density at radius 3 is 2.69 bits per heavy atom. The first-order valence-electron chi connectivity index (χ1n) is 13.9. The molecule has 11 heteroatoms. The number of fused-ring (bicyclic) bond motifs is 1. The standard InChI is InChI=1S/C31H34F2N4O5/c1-30(2)41-27-16-31(40-19-23-8-9-24(32)14-25(23)33,29(38)36-10-3-12-37-13-11-35-20-37)15-26(28(27)42-30)39-18-22-6-4-21(17-34)5-7-22/h4-9,11,13-14,20,26-28H,3,10,12,15-16,18-19H2,1-2H3,(H,36,38)/t26-,27-,28+,31-/m1/s1. The van der Waals surface area contributed by atoms with E-state index in [0.717, 1.165) is 17.7 Å². The zero-order valence-corrected chi connectivity index (χ0v) is 23.6. The monoisotopic (exact) mass is 580 g/mol. The highest BCUT2D eigenvalue weighted by Crippen LogP contribution is 2.44. The van der Waals surface area contributed by atoms with Gasteiger partial charge in [-0.15, -0.1) is 0 Å². The van der Waals surface area contributed by atoms with Crippen molar-refractivity contribution in [1.82, 2.24) is 14.9 Å². The smallest absolute Gasteiger partial charge is 0.252 e. The number of hydrogen-bond acceptors (Lipinski definition) is 7. The van der Waals surface area contributed by atoms with Gasteiger partial charge in [-0.25, -0.2) is 13.8 Å². The fourth-order valence-corrected chi connectivity index (χ4v) is 5.49. The second-order valence-corrected chi connectivity index (χ2v) is 11.1. The van der Waals surface area contributed by atoms with Crippen LogP contribution in [0.1, 0.15) is 49.8 Å². The van der Waals surface area contributed by atoms with Crippen LogP contribution in [0.3, 0.4) is 0 Å². The minimum atomic E-state index is -1.43. The van der Waals surface area contributed by atoms with Crippen LogP contribution in [0.4, 0.5) is 8.78 Å². The topological polar surface area (TPSA) is 108 Å². The van der Waals surface area contributed by atoms with Gasteiger partial charge in [-0.05, 0) is 44.0 Å². The second kappa shape index (κ2) is 12.7. The predicted octanol–water partition coefficient (Wildman–Crippen LogP) is 4.39. The van der Waals surface area contributed by atoms with E-state index in [-0.39, 0.29) is 37.5 Å². The number of nitrogens with zero attached hydrogens (tertiary/aromatic N) is 3. The van der Waals surface area contributed by atoms with E-state index in [9.17, 15) is 13.6 Å². The third-order valence-corrected chi connectivity index (χ3v) is 7.57. The molecule has 1 saturated heterocycles. The lowest BCUT2D eigenvalue weighted by atomic mass is 9.78. The minimum Gasteiger partial charge on any atom is -0.371 e. The molecule has 0 bridgehead atoms. The molecule has 2 aliphatic rings. The van der Waals surface area contributed by atoms with Crippen molar-refractivity contribution < 1.29 is 32.5 Å². The van der Waals surface area contributed by atoms with Crippen LogP contribution in [-0.4, -0.2) is 51.7 Å². The number of aromatic nitrogens is 2. The zero-order valence-electron chi connectivity index (χ0n) is 23.6. The molecule has 1 amide bonds. The summed E-state index contributed by atoms with van der Waals surface area (Å²) in [5, 5.41) is 12.1. The largest absolute Gasteiger partial charge is 0.371 e. The number of imidazole rings is 1. The summed E-state index contributed by atoms with van der Waals surface area (Å²) in [6.45, 7) is 4.60. The average Bonchev–Trinajstić information content (AvgIpc) is 3.60. The average molecular weight is 581 g/mol. The van der Waals surface area contributed by atoms with Gasteiger partial charge < -0.3 is 28.8 Å². The number of ether oxygens (including phenoxy) is 4. The fourth-order valence-electron chi connectivity index (χ4n) is 5.49. The molecule has 1 N–H and O–H groups in total. The highest BCUT2D eigenvalue weighted by molar-refractivity contribution is 5.85. The molecular weight excluding hydrogens is 546 g/mol. The zero-order chi connectivity index (χ0) is 29.7.